The number of alkyl halides is 1. The van der Waals surface area contributed by atoms with Crippen LogP contribution in [-0.2, 0) is 14.8 Å². The lowest BCUT2D eigenvalue weighted by molar-refractivity contribution is 0.0376. The van der Waals surface area contributed by atoms with Gasteiger partial charge >= 0.3 is 0 Å². The molecular formula is C8H17BrN2O3S. The van der Waals surface area contributed by atoms with E-state index in [9.17, 15) is 8.42 Å². The fraction of sp³-hybridized carbons (Fsp3) is 1.00. The molecule has 7 heteroatoms. The summed E-state index contributed by atoms with van der Waals surface area (Å²) < 4.78 is 29.8. The van der Waals surface area contributed by atoms with Gasteiger partial charge in [-0.05, 0) is 13.0 Å². The zero-order valence-corrected chi connectivity index (χ0v) is 11.0. The highest BCUT2D eigenvalue weighted by Gasteiger charge is 2.10. The molecule has 0 radical (unpaired) electrons. The predicted octanol–water partition coefficient (Wildman–Crippen LogP) is -0.0195. The molecule has 1 rings (SSSR count). The van der Waals surface area contributed by atoms with E-state index in [0.29, 0.717) is 6.54 Å². The van der Waals surface area contributed by atoms with Crippen LogP contribution in [0.2, 0.25) is 0 Å². The lowest BCUT2D eigenvalue weighted by Crippen LogP contribution is -2.38. The molecule has 15 heavy (non-hydrogen) atoms. The van der Waals surface area contributed by atoms with Gasteiger partial charge in [0, 0.05) is 19.6 Å². The Morgan fingerprint density at radius 3 is 2.60 bits per heavy atom. The summed E-state index contributed by atoms with van der Waals surface area (Å²) in [7, 11) is -3.10. The van der Waals surface area contributed by atoms with Crippen molar-refractivity contribution in [1.82, 2.24) is 9.62 Å². The number of morpholine rings is 1. The van der Waals surface area contributed by atoms with Crippen LogP contribution in [0.15, 0.2) is 0 Å². The van der Waals surface area contributed by atoms with Crippen molar-refractivity contribution >= 4 is 26.0 Å². The number of nitrogens with zero attached hydrogens (tertiary/aromatic N) is 1. The van der Waals surface area contributed by atoms with E-state index in [2.05, 4.69) is 25.6 Å². The van der Waals surface area contributed by atoms with Crippen LogP contribution in [0.5, 0.6) is 0 Å². The zero-order chi connectivity index (χ0) is 11.1. The molecule has 0 amide bonds. The second-order valence-corrected chi connectivity index (χ2v) is 6.54. The Morgan fingerprint density at radius 1 is 1.33 bits per heavy atom. The van der Waals surface area contributed by atoms with E-state index in [1.807, 2.05) is 0 Å². The van der Waals surface area contributed by atoms with Gasteiger partial charge in [-0.15, -0.1) is 0 Å². The van der Waals surface area contributed by atoms with E-state index in [1.54, 1.807) is 0 Å². The van der Waals surface area contributed by atoms with Gasteiger partial charge in [0.05, 0.1) is 13.2 Å². The molecule has 1 aliphatic heterocycles. The van der Waals surface area contributed by atoms with Gasteiger partial charge in [-0.1, -0.05) is 15.9 Å². The van der Waals surface area contributed by atoms with Gasteiger partial charge in [-0.25, -0.2) is 13.1 Å². The summed E-state index contributed by atoms with van der Waals surface area (Å²) in [6, 6.07) is 0. The van der Waals surface area contributed by atoms with Gasteiger partial charge < -0.3 is 4.74 Å². The minimum Gasteiger partial charge on any atom is -0.379 e. The van der Waals surface area contributed by atoms with Crippen molar-refractivity contribution < 1.29 is 13.2 Å². The molecule has 1 aliphatic rings. The first-order chi connectivity index (χ1) is 7.14. The van der Waals surface area contributed by atoms with Gasteiger partial charge in [-0.3, -0.25) is 4.90 Å². The maximum atomic E-state index is 11.1. The Labute approximate surface area is 99.3 Å². The van der Waals surface area contributed by atoms with Gasteiger partial charge in [0.2, 0.25) is 10.0 Å². The number of ether oxygens (including phenoxy) is 1. The van der Waals surface area contributed by atoms with Crippen molar-refractivity contribution in [2.75, 3.05) is 44.1 Å². The average molecular weight is 301 g/mol. The quantitative estimate of drug-likeness (QED) is 0.553. The number of hydrogen-bond donors (Lipinski definition) is 1. The fourth-order valence-corrected chi connectivity index (χ4v) is 2.41. The SMILES string of the molecule is O=S(=O)(CBr)NCCCN1CCOCC1. The third-order valence-electron chi connectivity index (χ3n) is 2.22. The molecule has 1 saturated heterocycles. The van der Waals surface area contributed by atoms with E-state index in [-0.39, 0.29) is 4.66 Å². The van der Waals surface area contributed by atoms with Crippen LogP contribution in [0, 0.1) is 0 Å². The summed E-state index contributed by atoms with van der Waals surface area (Å²) in [4.78, 5) is 2.28. The maximum Gasteiger partial charge on any atom is 0.221 e. The Balaban J connectivity index is 2.06. The molecule has 0 unspecified atom stereocenters. The third kappa shape index (κ3) is 5.82. The number of halogens is 1. The Morgan fingerprint density at radius 2 is 2.00 bits per heavy atom. The number of rotatable bonds is 6. The lowest BCUT2D eigenvalue weighted by Gasteiger charge is -2.26. The normalized spacial score (nSPS) is 19.3. The van der Waals surface area contributed by atoms with Crippen LogP contribution in [-0.4, -0.2) is 57.4 Å². The predicted molar refractivity (Wildman–Crippen MR) is 62.6 cm³/mol. The molecule has 0 aromatic heterocycles. The Kier molecular flexibility index (Phi) is 6.06. The number of nitrogens with one attached hydrogen (secondary N) is 1. The molecule has 5 nitrogen and oxygen atoms in total. The maximum absolute atomic E-state index is 11.1. The molecule has 0 aromatic carbocycles. The van der Waals surface area contributed by atoms with Crippen molar-refractivity contribution in [2.24, 2.45) is 0 Å². The van der Waals surface area contributed by atoms with Crippen LogP contribution in [0.3, 0.4) is 0 Å². The molecule has 0 bridgehead atoms. The van der Waals surface area contributed by atoms with Crippen LogP contribution < -0.4 is 4.72 Å². The van der Waals surface area contributed by atoms with Gasteiger partial charge in [0.25, 0.3) is 0 Å². The van der Waals surface area contributed by atoms with E-state index in [0.717, 1.165) is 39.3 Å². The zero-order valence-electron chi connectivity index (χ0n) is 8.62. The molecule has 0 saturated carbocycles. The first-order valence-corrected chi connectivity index (χ1v) is 7.75. The van der Waals surface area contributed by atoms with Gasteiger partial charge in [-0.2, -0.15) is 0 Å². The summed E-state index contributed by atoms with van der Waals surface area (Å²) in [6.07, 6.45) is 0.840. The second-order valence-electron chi connectivity index (χ2n) is 3.43. The first kappa shape index (κ1) is 13.4. The molecule has 0 aliphatic carbocycles. The Hall–Kier alpha value is 0.310. The summed E-state index contributed by atoms with van der Waals surface area (Å²) in [6.45, 7) is 4.90. The summed E-state index contributed by atoms with van der Waals surface area (Å²) in [5.74, 6) is 0. The molecule has 1 heterocycles. The topological polar surface area (TPSA) is 58.6 Å². The van der Waals surface area contributed by atoms with Crippen molar-refractivity contribution in [3.63, 3.8) is 0 Å². The molecule has 90 valence electrons. The molecule has 0 spiro atoms. The minimum atomic E-state index is -3.10. The molecule has 1 N–H and O–H groups in total. The standard InChI is InChI=1S/C8H17BrN2O3S/c9-8-15(12,13)10-2-1-3-11-4-6-14-7-5-11/h10H,1-8H2. The number of hydrogen-bond acceptors (Lipinski definition) is 4. The highest BCUT2D eigenvalue weighted by Crippen LogP contribution is 1.98. The minimum absolute atomic E-state index is 0.0302. The molecule has 0 atom stereocenters. The third-order valence-corrected chi connectivity index (χ3v) is 4.96. The highest BCUT2D eigenvalue weighted by atomic mass is 79.9. The molecular weight excluding hydrogens is 284 g/mol. The van der Waals surface area contributed by atoms with E-state index < -0.39 is 10.0 Å². The van der Waals surface area contributed by atoms with Crippen LogP contribution >= 0.6 is 15.9 Å². The van der Waals surface area contributed by atoms with Gasteiger partial charge in [0.1, 0.15) is 4.66 Å². The van der Waals surface area contributed by atoms with Crippen molar-refractivity contribution in [2.45, 2.75) is 6.42 Å². The van der Waals surface area contributed by atoms with E-state index >= 15 is 0 Å². The first-order valence-electron chi connectivity index (χ1n) is 4.97. The fourth-order valence-electron chi connectivity index (χ4n) is 1.39. The van der Waals surface area contributed by atoms with Crippen molar-refractivity contribution in [1.29, 1.82) is 0 Å². The molecule has 1 fully saturated rings. The second kappa shape index (κ2) is 6.80. The summed E-state index contributed by atoms with van der Waals surface area (Å²) >= 11 is 2.92. The van der Waals surface area contributed by atoms with Crippen LogP contribution in [0.25, 0.3) is 0 Å². The monoisotopic (exact) mass is 300 g/mol. The summed E-state index contributed by atoms with van der Waals surface area (Å²) in [5.41, 5.74) is 0. The smallest absolute Gasteiger partial charge is 0.221 e. The van der Waals surface area contributed by atoms with Crippen LogP contribution in [0.1, 0.15) is 6.42 Å². The summed E-state index contributed by atoms with van der Waals surface area (Å²) in [5, 5.41) is 0. The lowest BCUT2D eigenvalue weighted by atomic mass is 10.3. The van der Waals surface area contributed by atoms with E-state index in [1.165, 1.54) is 0 Å². The highest BCUT2D eigenvalue weighted by molar-refractivity contribution is 9.10. The number of sulfonamides is 1. The largest absolute Gasteiger partial charge is 0.379 e. The van der Waals surface area contributed by atoms with E-state index in [4.69, 9.17) is 4.74 Å². The van der Waals surface area contributed by atoms with Crippen molar-refractivity contribution in [3.8, 4) is 0 Å². The van der Waals surface area contributed by atoms with Crippen molar-refractivity contribution in [3.05, 3.63) is 0 Å². The Bertz CT molecular complexity index is 265. The van der Waals surface area contributed by atoms with Gasteiger partial charge in [0.15, 0.2) is 0 Å². The molecule has 0 aromatic rings. The van der Waals surface area contributed by atoms with Crippen LogP contribution in [0.4, 0.5) is 0 Å². The average Bonchev–Trinajstić information content (AvgIpc) is 2.26.